The number of nitrogens with zero attached hydrogens (tertiary/aromatic N) is 3. The highest BCUT2D eigenvalue weighted by atomic mass is 35.5. The molecule has 2 aromatic heterocycles. The highest BCUT2D eigenvalue weighted by Gasteiger charge is 2.13. The Morgan fingerprint density at radius 2 is 2.19 bits per heavy atom. The number of methoxy groups -OCH3 is 1. The summed E-state index contributed by atoms with van der Waals surface area (Å²) in [6.07, 6.45) is 0. The van der Waals surface area contributed by atoms with Crippen LogP contribution >= 0.6 is 23.8 Å². The number of fused-ring (bicyclic) bond motifs is 1. The second-order valence-corrected chi connectivity index (χ2v) is 5.09. The van der Waals surface area contributed by atoms with Crippen molar-refractivity contribution in [3.05, 3.63) is 45.7 Å². The Balaban J connectivity index is 2.40. The van der Waals surface area contributed by atoms with Crippen molar-refractivity contribution in [2.24, 2.45) is 0 Å². The van der Waals surface area contributed by atoms with Gasteiger partial charge in [0.05, 0.1) is 23.9 Å². The molecule has 0 aliphatic rings. The van der Waals surface area contributed by atoms with Gasteiger partial charge in [-0.25, -0.2) is 0 Å². The predicted octanol–water partition coefficient (Wildman–Crippen LogP) is 3.62. The van der Waals surface area contributed by atoms with Crippen LogP contribution in [0.15, 0.2) is 30.3 Å². The fourth-order valence-corrected chi connectivity index (χ4v) is 2.55. The van der Waals surface area contributed by atoms with E-state index < -0.39 is 0 Å². The number of halogens is 1. The van der Waals surface area contributed by atoms with Crippen LogP contribution in [0.2, 0.25) is 5.02 Å². The lowest BCUT2D eigenvalue weighted by molar-refractivity contribution is 0.399. The summed E-state index contributed by atoms with van der Waals surface area (Å²) >= 11 is 11.4. The topological polar surface area (TPSA) is 66.6 Å². The quantitative estimate of drug-likeness (QED) is 0.733. The number of pyridine rings is 1. The average Bonchev–Trinajstić information content (AvgIpc) is 2.81. The van der Waals surface area contributed by atoms with Crippen LogP contribution in [-0.2, 0) is 0 Å². The Morgan fingerprint density at radius 1 is 1.38 bits per heavy atom. The van der Waals surface area contributed by atoms with Crippen LogP contribution in [0.5, 0.6) is 5.88 Å². The molecule has 1 aromatic carbocycles. The van der Waals surface area contributed by atoms with E-state index in [0.29, 0.717) is 32.6 Å². The van der Waals surface area contributed by atoms with Crippen molar-refractivity contribution < 1.29 is 4.74 Å². The van der Waals surface area contributed by atoms with E-state index >= 15 is 0 Å². The van der Waals surface area contributed by atoms with Crippen molar-refractivity contribution in [3.63, 3.8) is 0 Å². The van der Waals surface area contributed by atoms with Gasteiger partial charge in [-0.3, -0.25) is 4.57 Å². The minimum Gasteiger partial charge on any atom is -0.481 e. The Bertz CT molecular complexity index is 938. The summed E-state index contributed by atoms with van der Waals surface area (Å²) in [4.78, 5) is 7.44. The number of hydrogen-bond acceptors (Lipinski definition) is 4. The minimum atomic E-state index is 0.435. The number of rotatable bonds is 2. The van der Waals surface area contributed by atoms with Gasteiger partial charge in [-0.2, -0.15) is 10.2 Å². The van der Waals surface area contributed by atoms with Gasteiger partial charge in [-0.1, -0.05) is 11.6 Å². The molecular formula is C14H9ClN4OS. The van der Waals surface area contributed by atoms with Gasteiger partial charge < -0.3 is 9.72 Å². The standard InChI is InChI=1S/C14H9ClN4OS/c1-20-12-5-4-10-13(18-12)19(14(21)17-10)11-6-9(15)3-2-8(11)7-16/h2-6H,1H3,(H,17,21). The number of nitrogens with one attached hydrogen (secondary N) is 1. The maximum Gasteiger partial charge on any atom is 0.215 e. The zero-order valence-corrected chi connectivity index (χ0v) is 12.5. The average molecular weight is 317 g/mol. The van der Waals surface area contributed by atoms with E-state index in [0.717, 1.165) is 5.52 Å². The lowest BCUT2D eigenvalue weighted by atomic mass is 10.2. The number of aromatic amines is 1. The first-order valence-electron chi connectivity index (χ1n) is 6.00. The van der Waals surface area contributed by atoms with Crippen LogP contribution in [0.4, 0.5) is 0 Å². The van der Waals surface area contributed by atoms with Crippen LogP contribution in [0.1, 0.15) is 5.56 Å². The summed E-state index contributed by atoms with van der Waals surface area (Å²) in [6, 6.07) is 10.7. The molecule has 0 radical (unpaired) electrons. The summed E-state index contributed by atoms with van der Waals surface area (Å²) < 4.78 is 7.25. The molecular weight excluding hydrogens is 308 g/mol. The van der Waals surface area contributed by atoms with Gasteiger partial charge in [0, 0.05) is 11.1 Å². The van der Waals surface area contributed by atoms with Crippen LogP contribution in [-0.4, -0.2) is 21.6 Å². The first-order valence-corrected chi connectivity index (χ1v) is 6.78. The maximum absolute atomic E-state index is 9.28. The van der Waals surface area contributed by atoms with Gasteiger partial charge in [0.1, 0.15) is 6.07 Å². The normalized spacial score (nSPS) is 10.5. The highest BCUT2D eigenvalue weighted by Crippen LogP contribution is 2.25. The number of H-pyrrole nitrogens is 1. The summed E-state index contributed by atoms with van der Waals surface area (Å²) in [7, 11) is 1.54. The smallest absolute Gasteiger partial charge is 0.215 e. The van der Waals surface area contributed by atoms with Gasteiger partial charge in [0.25, 0.3) is 0 Å². The number of benzene rings is 1. The molecule has 0 aliphatic carbocycles. The molecule has 7 heteroatoms. The molecule has 0 atom stereocenters. The second kappa shape index (κ2) is 5.20. The van der Waals surface area contributed by atoms with E-state index in [1.54, 1.807) is 35.9 Å². The summed E-state index contributed by atoms with van der Waals surface area (Å²) in [6.45, 7) is 0. The Kier molecular flexibility index (Phi) is 3.37. The third kappa shape index (κ3) is 2.27. The molecule has 3 aromatic rings. The number of aromatic nitrogens is 3. The van der Waals surface area contributed by atoms with Crippen molar-refractivity contribution in [1.82, 2.24) is 14.5 Å². The van der Waals surface area contributed by atoms with E-state index in [2.05, 4.69) is 16.0 Å². The molecule has 21 heavy (non-hydrogen) atoms. The second-order valence-electron chi connectivity index (χ2n) is 4.26. The highest BCUT2D eigenvalue weighted by molar-refractivity contribution is 7.71. The lowest BCUT2D eigenvalue weighted by Crippen LogP contribution is -1.99. The van der Waals surface area contributed by atoms with Crippen LogP contribution in [0.25, 0.3) is 16.9 Å². The molecule has 0 amide bonds. The van der Waals surface area contributed by atoms with E-state index in [-0.39, 0.29) is 0 Å². The molecule has 0 saturated carbocycles. The van der Waals surface area contributed by atoms with E-state index in [9.17, 15) is 5.26 Å². The lowest BCUT2D eigenvalue weighted by Gasteiger charge is -2.07. The number of ether oxygens (including phenoxy) is 1. The van der Waals surface area contributed by atoms with Gasteiger partial charge in [-0.05, 0) is 36.5 Å². The molecule has 0 spiro atoms. The predicted molar refractivity (Wildman–Crippen MR) is 82.5 cm³/mol. The van der Waals surface area contributed by atoms with E-state index in [4.69, 9.17) is 28.6 Å². The van der Waals surface area contributed by atoms with E-state index in [1.165, 1.54) is 0 Å². The molecule has 0 saturated heterocycles. The zero-order valence-electron chi connectivity index (χ0n) is 10.9. The van der Waals surface area contributed by atoms with Crippen LogP contribution in [0, 0.1) is 16.1 Å². The molecule has 0 aliphatic heterocycles. The SMILES string of the molecule is COc1ccc2[nH]c(=S)n(-c3cc(Cl)ccc3C#N)c2n1. The van der Waals surface area contributed by atoms with E-state index in [1.807, 2.05) is 6.07 Å². The number of nitriles is 1. The first kappa shape index (κ1) is 13.6. The van der Waals surface area contributed by atoms with Crippen LogP contribution < -0.4 is 4.74 Å². The molecule has 0 bridgehead atoms. The number of imidazole rings is 1. The Hall–Kier alpha value is -2.36. The van der Waals surface area contributed by atoms with Crippen molar-refractivity contribution in [2.45, 2.75) is 0 Å². The van der Waals surface area contributed by atoms with Gasteiger partial charge >= 0.3 is 0 Å². The van der Waals surface area contributed by atoms with Gasteiger partial charge in [-0.15, -0.1) is 0 Å². The molecule has 0 unspecified atom stereocenters. The molecule has 1 N–H and O–H groups in total. The van der Waals surface area contributed by atoms with Crippen molar-refractivity contribution in [3.8, 4) is 17.6 Å². The molecule has 104 valence electrons. The molecule has 3 rings (SSSR count). The fraction of sp³-hybridized carbons (Fsp3) is 0.0714. The third-order valence-electron chi connectivity index (χ3n) is 3.04. The Morgan fingerprint density at radius 3 is 2.90 bits per heavy atom. The van der Waals surface area contributed by atoms with Crippen molar-refractivity contribution in [2.75, 3.05) is 7.11 Å². The van der Waals surface area contributed by atoms with Crippen molar-refractivity contribution in [1.29, 1.82) is 5.26 Å². The first-order chi connectivity index (χ1) is 10.1. The minimum absolute atomic E-state index is 0.435. The van der Waals surface area contributed by atoms with Gasteiger partial charge in [0.2, 0.25) is 5.88 Å². The van der Waals surface area contributed by atoms with Crippen LogP contribution in [0.3, 0.4) is 0 Å². The fourth-order valence-electron chi connectivity index (χ4n) is 2.09. The zero-order chi connectivity index (χ0) is 15.0. The summed E-state index contributed by atoms with van der Waals surface area (Å²) in [5.41, 5.74) is 2.38. The van der Waals surface area contributed by atoms with Crippen molar-refractivity contribution >= 4 is 35.0 Å². The Labute approximate surface area is 130 Å². The maximum atomic E-state index is 9.28. The molecule has 0 fully saturated rings. The molecule has 5 nitrogen and oxygen atoms in total. The largest absolute Gasteiger partial charge is 0.481 e. The monoisotopic (exact) mass is 316 g/mol. The molecule has 2 heterocycles. The summed E-state index contributed by atoms with van der Waals surface area (Å²) in [5, 5.41) is 9.79. The van der Waals surface area contributed by atoms with Gasteiger partial charge in [0.15, 0.2) is 10.4 Å². The number of hydrogen-bond donors (Lipinski definition) is 1. The third-order valence-corrected chi connectivity index (χ3v) is 3.56. The summed E-state index contributed by atoms with van der Waals surface area (Å²) in [5.74, 6) is 0.464.